The number of carbonyl (C=O) groups is 2. The topological polar surface area (TPSA) is 73.8 Å². The van der Waals surface area contributed by atoms with Gasteiger partial charge >= 0.3 is 6.03 Å². The quantitative estimate of drug-likeness (QED) is 0.849. The highest BCUT2D eigenvalue weighted by Crippen LogP contribution is 2.33. The largest absolute Gasteiger partial charge is 0.336 e. The first-order valence-corrected chi connectivity index (χ1v) is 9.45. The molecule has 1 aliphatic rings. The summed E-state index contributed by atoms with van der Waals surface area (Å²) in [5, 5.41) is 13.4. The lowest BCUT2D eigenvalue weighted by atomic mass is 10.0. The molecule has 0 spiro atoms. The number of hydrogen-bond donors (Lipinski definition) is 2. The van der Waals surface area contributed by atoms with Crippen LogP contribution < -0.4 is 10.6 Å². The zero-order valence-electron chi connectivity index (χ0n) is 14.8. The highest BCUT2D eigenvalue weighted by Gasteiger charge is 2.33. The molecule has 0 saturated heterocycles. The average molecular weight is 370 g/mol. The minimum atomic E-state index is -0.355. The van der Waals surface area contributed by atoms with Crippen LogP contribution in [0.15, 0.2) is 52.9 Å². The lowest BCUT2D eigenvalue weighted by Crippen LogP contribution is -2.44. The number of benzene rings is 1. The predicted molar refractivity (Wildman–Crippen MR) is 103 cm³/mol. The Morgan fingerprint density at radius 3 is 2.65 bits per heavy atom. The van der Waals surface area contributed by atoms with E-state index in [0.717, 1.165) is 16.2 Å². The molecule has 6 nitrogen and oxygen atoms in total. The van der Waals surface area contributed by atoms with Crippen molar-refractivity contribution in [2.75, 3.05) is 6.54 Å². The number of amides is 3. The first kappa shape index (κ1) is 18.1. The van der Waals surface area contributed by atoms with Crippen molar-refractivity contribution in [3.63, 3.8) is 0 Å². The molecule has 1 atom stereocenters. The third-order valence-corrected chi connectivity index (χ3v) is 4.89. The lowest BCUT2D eigenvalue weighted by molar-refractivity contribution is -0.131. The second-order valence-electron chi connectivity index (χ2n) is 6.37. The van der Waals surface area contributed by atoms with E-state index in [9.17, 15) is 9.59 Å². The van der Waals surface area contributed by atoms with Crippen LogP contribution in [0.3, 0.4) is 0 Å². The monoisotopic (exact) mass is 370 g/mol. The van der Waals surface area contributed by atoms with Crippen LogP contribution in [0.2, 0.25) is 0 Å². The van der Waals surface area contributed by atoms with Gasteiger partial charge in [-0.1, -0.05) is 36.4 Å². The highest BCUT2D eigenvalue weighted by atomic mass is 32.1. The van der Waals surface area contributed by atoms with Gasteiger partial charge in [0.25, 0.3) is 5.91 Å². The fourth-order valence-corrected chi connectivity index (χ4v) is 3.54. The average Bonchev–Trinajstić information content (AvgIpc) is 3.29. The van der Waals surface area contributed by atoms with Gasteiger partial charge in [-0.25, -0.2) is 9.80 Å². The zero-order chi connectivity index (χ0) is 18.5. The first-order valence-electron chi connectivity index (χ1n) is 8.57. The van der Waals surface area contributed by atoms with E-state index in [1.54, 1.807) is 11.3 Å². The molecule has 2 N–H and O–H groups in total. The summed E-state index contributed by atoms with van der Waals surface area (Å²) in [6.07, 6.45) is 0.661. The minimum Gasteiger partial charge on any atom is -0.336 e. The summed E-state index contributed by atoms with van der Waals surface area (Å²) < 4.78 is 0. The molecule has 2 heterocycles. The number of nitrogens with one attached hydrogen (secondary N) is 2. The van der Waals surface area contributed by atoms with Crippen molar-refractivity contribution in [1.29, 1.82) is 0 Å². The second-order valence-corrected chi connectivity index (χ2v) is 7.32. The van der Waals surface area contributed by atoms with Gasteiger partial charge in [0.1, 0.15) is 6.54 Å². The summed E-state index contributed by atoms with van der Waals surface area (Å²) in [6, 6.07) is 13.3. The molecular weight excluding hydrogens is 348 g/mol. The van der Waals surface area contributed by atoms with E-state index in [2.05, 4.69) is 15.7 Å². The van der Waals surface area contributed by atoms with Crippen LogP contribution in [0.4, 0.5) is 4.79 Å². The van der Waals surface area contributed by atoms with Crippen LogP contribution in [-0.4, -0.2) is 35.2 Å². The molecule has 2 aromatic rings. The minimum absolute atomic E-state index is 0.0115. The molecule has 26 heavy (non-hydrogen) atoms. The highest BCUT2D eigenvalue weighted by molar-refractivity contribution is 7.12. The Bertz CT molecular complexity index is 787. The van der Waals surface area contributed by atoms with Gasteiger partial charge in [-0.05, 0) is 30.9 Å². The van der Waals surface area contributed by atoms with Gasteiger partial charge in [-0.15, -0.1) is 11.3 Å². The third kappa shape index (κ3) is 4.29. The van der Waals surface area contributed by atoms with Crippen LogP contribution in [-0.2, 0) is 4.79 Å². The fraction of sp³-hybridized carbons (Fsp3) is 0.316. The smallest absolute Gasteiger partial charge is 0.315 e. The van der Waals surface area contributed by atoms with Gasteiger partial charge in [0.15, 0.2) is 0 Å². The lowest BCUT2D eigenvalue weighted by Gasteiger charge is -2.22. The van der Waals surface area contributed by atoms with Crippen molar-refractivity contribution >= 4 is 29.0 Å². The van der Waals surface area contributed by atoms with Gasteiger partial charge in [0.05, 0.1) is 16.6 Å². The van der Waals surface area contributed by atoms with E-state index in [0.29, 0.717) is 6.42 Å². The molecule has 136 valence electrons. The summed E-state index contributed by atoms with van der Waals surface area (Å²) in [7, 11) is 0. The van der Waals surface area contributed by atoms with Crippen LogP contribution in [0.1, 0.15) is 36.8 Å². The van der Waals surface area contributed by atoms with Crippen molar-refractivity contribution in [2.24, 2.45) is 5.10 Å². The number of urea groups is 1. The summed E-state index contributed by atoms with van der Waals surface area (Å²) >= 11 is 1.61. The Kier molecular flexibility index (Phi) is 5.68. The molecule has 0 saturated carbocycles. The molecule has 0 aliphatic carbocycles. The number of thiophene rings is 1. The van der Waals surface area contributed by atoms with E-state index in [1.165, 1.54) is 5.01 Å². The van der Waals surface area contributed by atoms with Crippen molar-refractivity contribution in [1.82, 2.24) is 15.6 Å². The predicted octanol–water partition coefficient (Wildman–Crippen LogP) is 3.13. The molecule has 3 amide bonds. The second kappa shape index (κ2) is 8.14. The van der Waals surface area contributed by atoms with Crippen LogP contribution in [0.25, 0.3) is 0 Å². The summed E-state index contributed by atoms with van der Waals surface area (Å²) in [4.78, 5) is 25.5. The number of nitrogens with zero attached hydrogens (tertiary/aromatic N) is 2. The fourth-order valence-electron chi connectivity index (χ4n) is 2.82. The number of carbonyl (C=O) groups excluding carboxylic acids is 2. The Balaban J connectivity index is 1.75. The van der Waals surface area contributed by atoms with Crippen molar-refractivity contribution in [3.05, 3.63) is 58.3 Å². The molecule has 1 aromatic carbocycles. The number of hydrogen-bond acceptors (Lipinski definition) is 4. The summed E-state index contributed by atoms with van der Waals surface area (Å²) in [5.74, 6) is -0.232. The van der Waals surface area contributed by atoms with Crippen molar-refractivity contribution in [2.45, 2.75) is 32.4 Å². The molecule has 0 radical (unpaired) electrons. The maximum absolute atomic E-state index is 12.7. The molecule has 1 unspecified atom stereocenters. The molecule has 0 fully saturated rings. The van der Waals surface area contributed by atoms with Crippen LogP contribution >= 0.6 is 11.3 Å². The normalized spacial score (nSPS) is 16.5. The number of hydrazone groups is 1. The Morgan fingerprint density at radius 2 is 2.00 bits per heavy atom. The summed E-state index contributed by atoms with van der Waals surface area (Å²) in [6.45, 7) is 3.64. The van der Waals surface area contributed by atoms with Gasteiger partial charge in [0.2, 0.25) is 0 Å². The maximum atomic E-state index is 12.7. The zero-order valence-corrected chi connectivity index (χ0v) is 15.6. The van der Waals surface area contributed by atoms with Crippen LogP contribution in [0.5, 0.6) is 0 Å². The SMILES string of the molecule is CC(C)NC(=O)NCC(=O)N1N=C(c2cccs2)CC1c1ccccc1. The number of rotatable bonds is 5. The molecular formula is C19H22N4O2S. The van der Waals surface area contributed by atoms with Gasteiger partial charge in [-0.3, -0.25) is 4.79 Å². The molecule has 1 aromatic heterocycles. The first-order chi connectivity index (χ1) is 12.5. The van der Waals surface area contributed by atoms with Crippen molar-refractivity contribution in [3.8, 4) is 0 Å². The standard InChI is InChI=1S/C19H22N4O2S/c1-13(2)21-19(25)20-12-18(24)23-16(14-7-4-3-5-8-14)11-15(22-23)17-9-6-10-26-17/h3-10,13,16H,11-12H2,1-2H3,(H2,20,21,25). The van der Waals surface area contributed by atoms with E-state index in [1.807, 2.05) is 61.7 Å². The van der Waals surface area contributed by atoms with E-state index in [-0.39, 0.29) is 30.6 Å². The molecule has 7 heteroatoms. The van der Waals surface area contributed by atoms with Crippen molar-refractivity contribution < 1.29 is 9.59 Å². The van der Waals surface area contributed by atoms with Gasteiger partial charge in [0, 0.05) is 12.5 Å². The molecule has 1 aliphatic heterocycles. The molecule has 0 bridgehead atoms. The van der Waals surface area contributed by atoms with E-state index < -0.39 is 0 Å². The van der Waals surface area contributed by atoms with Crippen LogP contribution in [0, 0.1) is 0 Å². The third-order valence-electron chi connectivity index (χ3n) is 3.98. The van der Waals surface area contributed by atoms with Gasteiger partial charge < -0.3 is 10.6 Å². The Hall–Kier alpha value is -2.67. The van der Waals surface area contributed by atoms with Gasteiger partial charge in [-0.2, -0.15) is 5.10 Å². The maximum Gasteiger partial charge on any atom is 0.315 e. The summed E-state index contributed by atoms with van der Waals surface area (Å²) in [5.41, 5.74) is 1.93. The van der Waals surface area contributed by atoms with E-state index in [4.69, 9.17) is 0 Å². The Morgan fingerprint density at radius 1 is 1.23 bits per heavy atom. The molecule has 3 rings (SSSR count). The van der Waals surface area contributed by atoms with E-state index >= 15 is 0 Å². The Labute approximate surface area is 156 Å².